The van der Waals surface area contributed by atoms with Crippen LogP contribution in [-0.2, 0) is 12.8 Å². The number of hydrogen-bond donors (Lipinski definition) is 1. The van der Waals surface area contributed by atoms with Gasteiger partial charge in [0.15, 0.2) is 0 Å². The second kappa shape index (κ2) is 11.7. The van der Waals surface area contributed by atoms with Crippen LogP contribution in [0.1, 0.15) is 68.9 Å². The van der Waals surface area contributed by atoms with Crippen molar-refractivity contribution in [1.82, 2.24) is 0 Å². The molecule has 0 saturated carbocycles. The Bertz CT molecular complexity index is 547. The minimum absolute atomic E-state index is 0.389. The van der Waals surface area contributed by atoms with E-state index in [0.29, 0.717) is 5.75 Å². The molecule has 2 rings (SSSR count). The topological polar surface area (TPSA) is 20.2 Å². The number of benzene rings is 2. The lowest BCUT2D eigenvalue weighted by Crippen LogP contribution is -1.87. The second-order valence-corrected chi connectivity index (χ2v) is 6.84. The molecule has 0 heterocycles. The fourth-order valence-electron chi connectivity index (χ4n) is 3.25. The molecule has 2 aromatic carbocycles. The molecule has 0 amide bonds. The molecule has 0 fully saturated rings. The first-order chi connectivity index (χ1) is 11.8. The summed E-state index contributed by atoms with van der Waals surface area (Å²) >= 11 is 0. The summed E-state index contributed by atoms with van der Waals surface area (Å²) < 4.78 is 0. The fourth-order valence-corrected chi connectivity index (χ4v) is 3.25. The van der Waals surface area contributed by atoms with E-state index in [1.807, 2.05) is 12.1 Å². The van der Waals surface area contributed by atoms with Crippen molar-refractivity contribution in [2.75, 3.05) is 0 Å². The van der Waals surface area contributed by atoms with E-state index >= 15 is 0 Å². The van der Waals surface area contributed by atoms with Crippen LogP contribution in [0.3, 0.4) is 0 Å². The van der Waals surface area contributed by atoms with Gasteiger partial charge in [0, 0.05) is 0 Å². The van der Waals surface area contributed by atoms with Crippen molar-refractivity contribution in [2.24, 2.45) is 0 Å². The minimum Gasteiger partial charge on any atom is -0.508 e. The molecule has 1 N–H and O–H groups in total. The van der Waals surface area contributed by atoms with E-state index in [1.54, 1.807) is 6.07 Å². The van der Waals surface area contributed by atoms with Gasteiger partial charge in [-0.2, -0.15) is 0 Å². The van der Waals surface area contributed by atoms with Gasteiger partial charge in [-0.15, -0.1) is 0 Å². The molecule has 24 heavy (non-hydrogen) atoms. The highest BCUT2D eigenvalue weighted by molar-refractivity contribution is 5.27. The standard InChI is InChI=1S/C23H32O/c24-23-19-13-18-22(20-23)17-10-7-5-3-1-2-4-6-9-14-21-15-11-8-12-16-21/h8,11-13,15-16,18-20,24H,1-7,9-10,14,17H2. The normalized spacial score (nSPS) is 10.8. The van der Waals surface area contributed by atoms with E-state index in [4.69, 9.17) is 0 Å². The Morgan fingerprint density at radius 3 is 1.58 bits per heavy atom. The molecular weight excluding hydrogens is 292 g/mol. The van der Waals surface area contributed by atoms with E-state index in [1.165, 1.54) is 75.3 Å². The Morgan fingerprint density at radius 2 is 1.00 bits per heavy atom. The smallest absolute Gasteiger partial charge is 0.115 e. The summed E-state index contributed by atoms with van der Waals surface area (Å²) in [5.74, 6) is 0.389. The van der Waals surface area contributed by atoms with Gasteiger partial charge in [0.05, 0.1) is 0 Å². The molecule has 2 aromatic rings. The molecule has 0 aliphatic heterocycles. The summed E-state index contributed by atoms with van der Waals surface area (Å²) in [5.41, 5.74) is 2.73. The van der Waals surface area contributed by atoms with Crippen molar-refractivity contribution in [3.8, 4) is 5.75 Å². The molecule has 1 nitrogen and oxygen atoms in total. The Morgan fingerprint density at radius 1 is 0.500 bits per heavy atom. The molecule has 0 spiro atoms. The highest BCUT2D eigenvalue weighted by Crippen LogP contribution is 2.15. The van der Waals surface area contributed by atoms with Crippen LogP contribution >= 0.6 is 0 Å². The van der Waals surface area contributed by atoms with E-state index in [0.717, 1.165) is 6.42 Å². The number of hydrogen-bond acceptors (Lipinski definition) is 1. The summed E-state index contributed by atoms with van der Waals surface area (Å²) in [5, 5.41) is 9.44. The molecule has 0 aliphatic rings. The first kappa shape index (κ1) is 18.6. The van der Waals surface area contributed by atoms with Crippen molar-refractivity contribution in [1.29, 1.82) is 0 Å². The van der Waals surface area contributed by atoms with Gasteiger partial charge in [-0.3, -0.25) is 0 Å². The Hall–Kier alpha value is -1.76. The van der Waals surface area contributed by atoms with Crippen LogP contribution in [0.4, 0.5) is 0 Å². The Balaban J connectivity index is 1.37. The van der Waals surface area contributed by atoms with Gasteiger partial charge in [0.1, 0.15) is 5.75 Å². The fraction of sp³-hybridized carbons (Fsp3) is 0.478. The Labute approximate surface area is 147 Å². The van der Waals surface area contributed by atoms with Crippen LogP contribution in [-0.4, -0.2) is 5.11 Å². The van der Waals surface area contributed by atoms with Gasteiger partial charge < -0.3 is 5.11 Å². The first-order valence-electron chi connectivity index (χ1n) is 9.66. The summed E-state index contributed by atoms with van der Waals surface area (Å²) in [6.45, 7) is 0. The summed E-state index contributed by atoms with van der Waals surface area (Å²) in [4.78, 5) is 0. The average Bonchev–Trinajstić information content (AvgIpc) is 2.60. The molecule has 1 heteroatoms. The molecule has 0 aliphatic carbocycles. The lowest BCUT2D eigenvalue weighted by atomic mass is 10.0. The molecule has 0 aromatic heterocycles. The van der Waals surface area contributed by atoms with Crippen molar-refractivity contribution in [3.63, 3.8) is 0 Å². The molecule has 0 saturated heterocycles. The molecule has 0 unspecified atom stereocenters. The maximum absolute atomic E-state index is 9.44. The van der Waals surface area contributed by atoms with Crippen LogP contribution in [0.5, 0.6) is 5.75 Å². The van der Waals surface area contributed by atoms with Gasteiger partial charge in [-0.25, -0.2) is 0 Å². The molecule has 0 radical (unpaired) electrons. The van der Waals surface area contributed by atoms with Crippen molar-refractivity contribution in [3.05, 3.63) is 65.7 Å². The molecule has 0 bridgehead atoms. The third-order valence-corrected chi connectivity index (χ3v) is 4.68. The summed E-state index contributed by atoms with van der Waals surface area (Å²) in [6.07, 6.45) is 14.4. The zero-order valence-corrected chi connectivity index (χ0v) is 14.9. The molecule has 0 atom stereocenters. The largest absolute Gasteiger partial charge is 0.508 e. The number of aryl methyl sites for hydroxylation is 2. The lowest BCUT2D eigenvalue weighted by molar-refractivity contribution is 0.474. The zero-order valence-electron chi connectivity index (χ0n) is 14.9. The zero-order chi connectivity index (χ0) is 16.9. The van der Waals surface area contributed by atoms with Crippen LogP contribution in [0.25, 0.3) is 0 Å². The van der Waals surface area contributed by atoms with Gasteiger partial charge in [-0.05, 0) is 48.9 Å². The van der Waals surface area contributed by atoms with Gasteiger partial charge in [-0.1, -0.05) is 87.4 Å². The van der Waals surface area contributed by atoms with E-state index in [9.17, 15) is 5.11 Å². The number of phenolic OH excluding ortho intramolecular Hbond substituents is 1. The van der Waals surface area contributed by atoms with E-state index in [2.05, 4.69) is 36.4 Å². The van der Waals surface area contributed by atoms with Crippen molar-refractivity contribution in [2.45, 2.75) is 70.6 Å². The van der Waals surface area contributed by atoms with Crippen LogP contribution in [0.15, 0.2) is 54.6 Å². The van der Waals surface area contributed by atoms with Crippen molar-refractivity contribution >= 4 is 0 Å². The van der Waals surface area contributed by atoms with E-state index < -0.39 is 0 Å². The maximum Gasteiger partial charge on any atom is 0.115 e. The van der Waals surface area contributed by atoms with Gasteiger partial charge in [0.25, 0.3) is 0 Å². The third-order valence-electron chi connectivity index (χ3n) is 4.68. The first-order valence-corrected chi connectivity index (χ1v) is 9.66. The highest BCUT2D eigenvalue weighted by Gasteiger charge is 1.97. The summed E-state index contributed by atoms with van der Waals surface area (Å²) in [6, 6.07) is 18.5. The van der Waals surface area contributed by atoms with Crippen LogP contribution in [0, 0.1) is 0 Å². The van der Waals surface area contributed by atoms with Crippen LogP contribution < -0.4 is 0 Å². The average molecular weight is 325 g/mol. The predicted octanol–water partition coefficient (Wildman–Crippen LogP) is 6.69. The van der Waals surface area contributed by atoms with Gasteiger partial charge in [0.2, 0.25) is 0 Å². The maximum atomic E-state index is 9.44. The third kappa shape index (κ3) is 8.19. The molecular formula is C23H32O. The quantitative estimate of drug-likeness (QED) is 0.431. The second-order valence-electron chi connectivity index (χ2n) is 6.84. The number of rotatable bonds is 12. The SMILES string of the molecule is Oc1cccc(CCCCCCCCCCCc2ccccc2)c1. The predicted molar refractivity (Wildman–Crippen MR) is 104 cm³/mol. The van der Waals surface area contributed by atoms with E-state index in [-0.39, 0.29) is 0 Å². The van der Waals surface area contributed by atoms with Gasteiger partial charge >= 0.3 is 0 Å². The summed E-state index contributed by atoms with van der Waals surface area (Å²) in [7, 11) is 0. The Kier molecular flexibility index (Phi) is 9.08. The van der Waals surface area contributed by atoms with Crippen LogP contribution in [0.2, 0.25) is 0 Å². The molecule has 130 valence electrons. The highest BCUT2D eigenvalue weighted by atomic mass is 16.3. The minimum atomic E-state index is 0.389. The lowest BCUT2D eigenvalue weighted by Gasteiger charge is -2.04. The number of unbranched alkanes of at least 4 members (excludes halogenated alkanes) is 8. The monoisotopic (exact) mass is 324 g/mol. The van der Waals surface area contributed by atoms with Crippen molar-refractivity contribution < 1.29 is 5.11 Å². The number of phenols is 1. The number of aromatic hydroxyl groups is 1.